The molecule has 4 nitrogen and oxygen atoms in total. The Labute approximate surface area is 136 Å². The summed E-state index contributed by atoms with van der Waals surface area (Å²) in [7, 11) is 0. The summed E-state index contributed by atoms with van der Waals surface area (Å²) in [5.74, 6) is -1.17. The molecule has 2 aromatic rings. The Morgan fingerprint density at radius 2 is 1.65 bits per heavy atom. The molecule has 2 rings (SSSR count). The summed E-state index contributed by atoms with van der Waals surface area (Å²) >= 11 is 0. The number of hydrogen-bond donors (Lipinski definition) is 1. The molecule has 0 saturated heterocycles. The van der Waals surface area contributed by atoms with Gasteiger partial charge in [0.25, 0.3) is 0 Å². The van der Waals surface area contributed by atoms with Crippen LogP contribution in [-0.2, 0) is 17.9 Å². The summed E-state index contributed by atoms with van der Waals surface area (Å²) < 4.78 is 0. The maximum absolute atomic E-state index is 12.2. The lowest BCUT2D eigenvalue weighted by molar-refractivity contribution is -0.121. The van der Waals surface area contributed by atoms with Crippen molar-refractivity contribution < 1.29 is 4.79 Å². The molecule has 23 heavy (non-hydrogen) atoms. The van der Waals surface area contributed by atoms with Crippen LogP contribution in [0.2, 0.25) is 0 Å². The molecule has 0 spiro atoms. The Hall–Kier alpha value is -2.93. The monoisotopic (exact) mass is 305 g/mol. The zero-order valence-corrected chi connectivity index (χ0v) is 13.1. The van der Waals surface area contributed by atoms with E-state index in [1.807, 2.05) is 66.7 Å². The predicted octanol–water partition coefficient (Wildman–Crippen LogP) is 3.10. The third kappa shape index (κ3) is 5.08. The Kier molecular flexibility index (Phi) is 6.07. The molecule has 116 valence electrons. The van der Waals surface area contributed by atoms with Gasteiger partial charge in [-0.15, -0.1) is 0 Å². The van der Waals surface area contributed by atoms with Crippen molar-refractivity contribution in [1.82, 2.24) is 5.32 Å². The maximum Gasteiger partial charge on any atom is 0.243 e. The summed E-state index contributed by atoms with van der Waals surface area (Å²) in [5.41, 5.74) is 2.58. The molecule has 0 saturated carbocycles. The van der Waals surface area contributed by atoms with Crippen LogP contribution in [0.15, 0.2) is 65.7 Å². The smallest absolute Gasteiger partial charge is 0.243 e. The molecule has 0 aromatic heterocycles. The van der Waals surface area contributed by atoms with E-state index in [0.717, 1.165) is 11.1 Å². The molecule has 2 aromatic carbocycles. The van der Waals surface area contributed by atoms with Gasteiger partial charge in [0, 0.05) is 12.3 Å². The van der Waals surface area contributed by atoms with E-state index in [1.54, 1.807) is 6.92 Å². The van der Waals surface area contributed by atoms with Crippen molar-refractivity contribution in [1.29, 1.82) is 5.26 Å². The van der Waals surface area contributed by atoms with Gasteiger partial charge in [0.2, 0.25) is 5.91 Å². The number of aliphatic imine (C=N–C) groups is 1. The highest BCUT2D eigenvalue weighted by Crippen LogP contribution is 2.06. The molecular weight excluding hydrogens is 286 g/mol. The first-order chi connectivity index (χ1) is 11.2. The van der Waals surface area contributed by atoms with Gasteiger partial charge in [0.15, 0.2) is 5.92 Å². The normalized spacial score (nSPS) is 12.3. The Bertz CT molecular complexity index is 702. The second kappa shape index (κ2) is 8.50. The van der Waals surface area contributed by atoms with Gasteiger partial charge in [-0.05, 0) is 18.1 Å². The van der Waals surface area contributed by atoms with E-state index in [0.29, 0.717) is 18.8 Å². The molecule has 4 heteroatoms. The highest BCUT2D eigenvalue weighted by molar-refractivity contribution is 6.05. The molecule has 1 amide bonds. The van der Waals surface area contributed by atoms with E-state index >= 15 is 0 Å². The highest BCUT2D eigenvalue weighted by atomic mass is 16.1. The zero-order chi connectivity index (χ0) is 16.5. The molecular formula is C19H19N3O. The van der Waals surface area contributed by atoms with Crippen LogP contribution in [0.1, 0.15) is 18.1 Å². The van der Waals surface area contributed by atoms with E-state index in [2.05, 4.69) is 10.3 Å². The number of nitrogens with zero attached hydrogens (tertiary/aromatic N) is 2. The van der Waals surface area contributed by atoms with Crippen LogP contribution in [-0.4, -0.2) is 11.6 Å². The first kappa shape index (κ1) is 16.4. The molecule has 0 fully saturated rings. The van der Waals surface area contributed by atoms with Crippen molar-refractivity contribution in [2.75, 3.05) is 0 Å². The fourth-order valence-corrected chi connectivity index (χ4v) is 2.12. The van der Waals surface area contributed by atoms with Crippen molar-refractivity contribution >= 4 is 11.6 Å². The van der Waals surface area contributed by atoms with Gasteiger partial charge in [-0.1, -0.05) is 60.7 Å². The standard InChI is InChI=1S/C19H19N3O/c1-15(21-13-16-8-4-2-5-9-16)18(12-20)19(23)22-14-17-10-6-3-7-11-17/h2-11,18H,13-14H2,1H3,(H,22,23). The van der Waals surface area contributed by atoms with Crippen molar-refractivity contribution in [3.05, 3.63) is 71.8 Å². The Morgan fingerprint density at radius 1 is 1.09 bits per heavy atom. The van der Waals surface area contributed by atoms with E-state index in [-0.39, 0.29) is 5.91 Å². The fourth-order valence-electron chi connectivity index (χ4n) is 2.12. The summed E-state index contributed by atoms with van der Waals surface area (Å²) in [4.78, 5) is 16.6. The zero-order valence-electron chi connectivity index (χ0n) is 13.1. The van der Waals surface area contributed by atoms with Crippen molar-refractivity contribution in [2.24, 2.45) is 10.9 Å². The predicted molar refractivity (Wildman–Crippen MR) is 90.6 cm³/mol. The topological polar surface area (TPSA) is 65.2 Å². The Balaban J connectivity index is 1.95. The maximum atomic E-state index is 12.2. The third-order valence-corrected chi connectivity index (χ3v) is 3.47. The summed E-state index contributed by atoms with van der Waals surface area (Å²) in [6.07, 6.45) is 0. The van der Waals surface area contributed by atoms with Gasteiger partial charge < -0.3 is 5.32 Å². The first-order valence-electron chi connectivity index (χ1n) is 7.47. The Morgan fingerprint density at radius 3 is 2.22 bits per heavy atom. The van der Waals surface area contributed by atoms with E-state index in [1.165, 1.54) is 0 Å². The number of nitriles is 1. The number of carbonyl (C=O) groups excluding carboxylic acids is 1. The third-order valence-electron chi connectivity index (χ3n) is 3.47. The second-order valence-electron chi connectivity index (χ2n) is 5.21. The summed E-state index contributed by atoms with van der Waals surface area (Å²) in [6, 6.07) is 21.4. The molecule has 0 aliphatic rings. The van der Waals surface area contributed by atoms with Gasteiger partial charge in [0.05, 0.1) is 12.6 Å². The number of benzene rings is 2. The molecule has 0 aliphatic carbocycles. The first-order valence-corrected chi connectivity index (χ1v) is 7.47. The lowest BCUT2D eigenvalue weighted by Crippen LogP contribution is -2.33. The van der Waals surface area contributed by atoms with E-state index in [9.17, 15) is 10.1 Å². The van der Waals surface area contributed by atoms with Crippen molar-refractivity contribution in [2.45, 2.75) is 20.0 Å². The average Bonchev–Trinajstić information content (AvgIpc) is 2.60. The number of rotatable bonds is 6. The largest absolute Gasteiger partial charge is 0.351 e. The molecule has 1 N–H and O–H groups in total. The average molecular weight is 305 g/mol. The highest BCUT2D eigenvalue weighted by Gasteiger charge is 2.20. The van der Waals surface area contributed by atoms with E-state index in [4.69, 9.17) is 0 Å². The number of nitrogens with one attached hydrogen (secondary N) is 1. The summed E-state index contributed by atoms with van der Waals surface area (Å²) in [6.45, 7) is 2.60. The van der Waals surface area contributed by atoms with Crippen LogP contribution in [0, 0.1) is 17.2 Å². The van der Waals surface area contributed by atoms with Gasteiger partial charge in [-0.2, -0.15) is 5.26 Å². The molecule has 0 bridgehead atoms. The second-order valence-corrected chi connectivity index (χ2v) is 5.21. The molecule has 0 heterocycles. The fraction of sp³-hybridized carbons (Fsp3) is 0.211. The quantitative estimate of drug-likeness (QED) is 0.833. The van der Waals surface area contributed by atoms with Gasteiger partial charge >= 0.3 is 0 Å². The van der Waals surface area contributed by atoms with Crippen LogP contribution in [0.5, 0.6) is 0 Å². The lowest BCUT2D eigenvalue weighted by atomic mass is 10.1. The SMILES string of the molecule is CC(=NCc1ccccc1)C(C#N)C(=O)NCc1ccccc1. The number of amides is 1. The molecule has 0 radical (unpaired) electrons. The van der Waals surface area contributed by atoms with E-state index < -0.39 is 5.92 Å². The van der Waals surface area contributed by atoms with Crippen LogP contribution < -0.4 is 5.32 Å². The van der Waals surface area contributed by atoms with Crippen LogP contribution in [0.25, 0.3) is 0 Å². The van der Waals surface area contributed by atoms with Crippen LogP contribution in [0.3, 0.4) is 0 Å². The minimum Gasteiger partial charge on any atom is -0.351 e. The van der Waals surface area contributed by atoms with Crippen molar-refractivity contribution in [3.63, 3.8) is 0 Å². The molecule has 1 unspecified atom stereocenters. The minimum absolute atomic E-state index is 0.314. The molecule has 1 atom stereocenters. The molecule has 0 aliphatic heterocycles. The van der Waals surface area contributed by atoms with Gasteiger partial charge in [-0.3, -0.25) is 9.79 Å². The number of carbonyl (C=O) groups is 1. The van der Waals surface area contributed by atoms with Crippen molar-refractivity contribution in [3.8, 4) is 6.07 Å². The minimum atomic E-state index is -0.859. The van der Waals surface area contributed by atoms with Gasteiger partial charge in [0.1, 0.15) is 0 Å². The van der Waals surface area contributed by atoms with Gasteiger partial charge in [-0.25, -0.2) is 0 Å². The van der Waals surface area contributed by atoms with Crippen LogP contribution >= 0.6 is 0 Å². The van der Waals surface area contributed by atoms with Crippen LogP contribution in [0.4, 0.5) is 0 Å². The summed E-state index contributed by atoms with van der Waals surface area (Å²) in [5, 5.41) is 12.1. The number of hydrogen-bond acceptors (Lipinski definition) is 3. The lowest BCUT2D eigenvalue weighted by Gasteiger charge is -2.10.